The SMILES string of the molecule is CSc1ccccc1NC(=O)/C(C#N)=C/c1cc(C)n(CC2CCCO2)c1C. The molecule has 28 heavy (non-hydrogen) atoms. The molecule has 1 aromatic carbocycles. The molecule has 1 aromatic heterocycles. The Morgan fingerprint density at radius 1 is 1.43 bits per heavy atom. The monoisotopic (exact) mass is 395 g/mol. The summed E-state index contributed by atoms with van der Waals surface area (Å²) in [6.45, 7) is 5.69. The van der Waals surface area contributed by atoms with Gasteiger partial charge in [0.25, 0.3) is 5.91 Å². The average molecular weight is 396 g/mol. The number of carbonyl (C=O) groups is 1. The number of carbonyl (C=O) groups excluding carboxylic acids is 1. The maximum atomic E-state index is 12.7. The molecule has 146 valence electrons. The Morgan fingerprint density at radius 2 is 2.21 bits per heavy atom. The molecular weight excluding hydrogens is 370 g/mol. The van der Waals surface area contributed by atoms with Crippen LogP contribution in [0, 0.1) is 25.2 Å². The van der Waals surface area contributed by atoms with Crippen LogP contribution in [0.3, 0.4) is 0 Å². The molecule has 2 heterocycles. The first-order valence-corrected chi connectivity index (χ1v) is 10.6. The van der Waals surface area contributed by atoms with Gasteiger partial charge in [-0.25, -0.2) is 0 Å². The molecule has 1 fully saturated rings. The third kappa shape index (κ3) is 4.49. The molecule has 1 N–H and O–H groups in total. The standard InChI is InChI=1S/C22H25N3O2S/c1-15-11-17(16(2)25(15)14-19-7-6-10-27-19)12-18(13-23)22(26)24-20-8-4-5-9-21(20)28-3/h4-5,8-9,11-12,19H,6-7,10,14H2,1-3H3,(H,24,26)/b18-12+. The quantitative estimate of drug-likeness (QED) is 0.443. The maximum absolute atomic E-state index is 12.7. The number of thioether (sulfide) groups is 1. The van der Waals surface area contributed by atoms with Crippen molar-refractivity contribution in [1.82, 2.24) is 4.57 Å². The number of nitriles is 1. The average Bonchev–Trinajstić information content (AvgIpc) is 3.30. The van der Waals surface area contributed by atoms with Crippen molar-refractivity contribution in [3.8, 4) is 6.07 Å². The van der Waals surface area contributed by atoms with Crippen molar-refractivity contribution in [3.05, 3.63) is 52.9 Å². The zero-order valence-electron chi connectivity index (χ0n) is 16.5. The van der Waals surface area contributed by atoms with Gasteiger partial charge in [-0.1, -0.05) is 12.1 Å². The fraction of sp³-hybridized carbons (Fsp3) is 0.364. The number of anilines is 1. The van der Waals surface area contributed by atoms with Crippen LogP contribution in [0.25, 0.3) is 6.08 Å². The maximum Gasteiger partial charge on any atom is 0.266 e. The number of hydrogen-bond acceptors (Lipinski definition) is 4. The number of ether oxygens (including phenoxy) is 1. The first-order valence-electron chi connectivity index (χ1n) is 9.38. The number of hydrogen-bond donors (Lipinski definition) is 1. The lowest BCUT2D eigenvalue weighted by molar-refractivity contribution is -0.112. The van der Waals surface area contributed by atoms with Gasteiger partial charge in [0.2, 0.25) is 0 Å². The summed E-state index contributed by atoms with van der Waals surface area (Å²) >= 11 is 1.55. The van der Waals surface area contributed by atoms with E-state index in [4.69, 9.17) is 4.74 Å². The lowest BCUT2D eigenvalue weighted by Gasteiger charge is -2.14. The molecule has 1 aliphatic rings. The molecule has 0 radical (unpaired) electrons. The van der Waals surface area contributed by atoms with Gasteiger partial charge in [0.15, 0.2) is 0 Å². The molecule has 1 amide bonds. The van der Waals surface area contributed by atoms with Crippen LogP contribution in [0.15, 0.2) is 40.8 Å². The summed E-state index contributed by atoms with van der Waals surface area (Å²) in [5.74, 6) is -0.395. The Bertz CT molecular complexity index is 934. The molecule has 0 aliphatic carbocycles. The summed E-state index contributed by atoms with van der Waals surface area (Å²) in [7, 11) is 0. The van der Waals surface area contributed by atoms with E-state index in [1.165, 1.54) is 0 Å². The van der Waals surface area contributed by atoms with Crippen LogP contribution >= 0.6 is 11.8 Å². The third-order valence-corrected chi connectivity index (χ3v) is 5.84. The summed E-state index contributed by atoms with van der Waals surface area (Å²) in [5.41, 5.74) is 3.83. The van der Waals surface area contributed by atoms with E-state index in [-0.39, 0.29) is 11.7 Å². The highest BCUT2D eigenvalue weighted by atomic mass is 32.2. The Balaban J connectivity index is 1.82. The van der Waals surface area contributed by atoms with Gasteiger partial charge in [0.1, 0.15) is 11.6 Å². The van der Waals surface area contributed by atoms with Crippen LogP contribution in [-0.2, 0) is 16.1 Å². The van der Waals surface area contributed by atoms with E-state index in [1.54, 1.807) is 17.8 Å². The molecule has 6 heteroatoms. The van der Waals surface area contributed by atoms with Gasteiger partial charge >= 0.3 is 0 Å². The number of aryl methyl sites for hydroxylation is 1. The molecule has 0 saturated carbocycles. The molecule has 1 aliphatic heterocycles. The second kappa shape index (κ2) is 9.13. The van der Waals surface area contributed by atoms with Crippen molar-refractivity contribution in [2.75, 3.05) is 18.2 Å². The molecule has 5 nitrogen and oxygen atoms in total. The van der Waals surface area contributed by atoms with Gasteiger partial charge in [-0.15, -0.1) is 11.8 Å². The number of benzene rings is 1. The molecule has 0 bridgehead atoms. The van der Waals surface area contributed by atoms with Crippen LogP contribution in [-0.4, -0.2) is 29.4 Å². The Hall–Kier alpha value is -2.49. The summed E-state index contributed by atoms with van der Waals surface area (Å²) in [6, 6.07) is 11.6. The van der Waals surface area contributed by atoms with Crippen molar-refractivity contribution in [3.63, 3.8) is 0 Å². The molecule has 1 unspecified atom stereocenters. The fourth-order valence-electron chi connectivity index (χ4n) is 3.49. The Labute approximate surface area is 170 Å². The normalized spacial score (nSPS) is 16.8. The van der Waals surface area contributed by atoms with E-state index < -0.39 is 5.91 Å². The van der Waals surface area contributed by atoms with Gasteiger partial charge in [0, 0.05) is 29.4 Å². The van der Waals surface area contributed by atoms with Crippen molar-refractivity contribution < 1.29 is 9.53 Å². The highest BCUT2D eigenvalue weighted by Crippen LogP contribution is 2.26. The summed E-state index contributed by atoms with van der Waals surface area (Å²) in [5, 5.41) is 12.4. The Kier molecular flexibility index (Phi) is 6.61. The van der Waals surface area contributed by atoms with Crippen LogP contribution in [0.4, 0.5) is 5.69 Å². The second-order valence-corrected chi connectivity index (χ2v) is 7.74. The number of rotatable bonds is 6. The fourth-order valence-corrected chi connectivity index (χ4v) is 4.04. The van der Waals surface area contributed by atoms with Crippen LogP contribution in [0.1, 0.15) is 29.8 Å². The summed E-state index contributed by atoms with van der Waals surface area (Å²) < 4.78 is 7.96. The minimum absolute atomic E-state index is 0.0910. The zero-order chi connectivity index (χ0) is 20.1. The van der Waals surface area contributed by atoms with E-state index in [2.05, 4.69) is 9.88 Å². The minimum atomic E-state index is -0.395. The summed E-state index contributed by atoms with van der Waals surface area (Å²) in [6.07, 6.45) is 6.04. The third-order valence-electron chi connectivity index (χ3n) is 5.04. The molecule has 3 rings (SSSR count). The number of aromatic nitrogens is 1. The van der Waals surface area contributed by atoms with Gasteiger partial charge in [0.05, 0.1) is 11.8 Å². The molecule has 0 spiro atoms. The topological polar surface area (TPSA) is 67.0 Å². The predicted molar refractivity (Wildman–Crippen MR) is 113 cm³/mol. The van der Waals surface area contributed by atoms with Crippen molar-refractivity contribution >= 4 is 29.4 Å². The highest BCUT2D eigenvalue weighted by Gasteiger charge is 2.19. The predicted octanol–water partition coefficient (Wildman–Crippen LogP) is 4.55. The van der Waals surface area contributed by atoms with Crippen LogP contribution < -0.4 is 5.32 Å². The first kappa shape index (κ1) is 20.2. The lowest BCUT2D eigenvalue weighted by Crippen LogP contribution is -2.17. The number of para-hydroxylation sites is 1. The Morgan fingerprint density at radius 3 is 2.89 bits per heavy atom. The number of nitrogens with one attached hydrogen (secondary N) is 1. The minimum Gasteiger partial charge on any atom is -0.376 e. The molecule has 1 atom stereocenters. The van der Waals surface area contributed by atoms with Gasteiger partial charge < -0.3 is 14.6 Å². The number of nitrogens with zero attached hydrogens (tertiary/aromatic N) is 2. The van der Waals surface area contributed by atoms with E-state index >= 15 is 0 Å². The number of amides is 1. The zero-order valence-corrected chi connectivity index (χ0v) is 17.3. The van der Waals surface area contributed by atoms with E-state index in [1.807, 2.05) is 56.5 Å². The second-order valence-electron chi connectivity index (χ2n) is 6.90. The summed E-state index contributed by atoms with van der Waals surface area (Å²) in [4.78, 5) is 13.6. The molecular formula is C22H25N3O2S. The lowest BCUT2D eigenvalue weighted by atomic mass is 10.1. The smallest absolute Gasteiger partial charge is 0.266 e. The van der Waals surface area contributed by atoms with E-state index in [9.17, 15) is 10.1 Å². The highest BCUT2D eigenvalue weighted by molar-refractivity contribution is 7.98. The van der Waals surface area contributed by atoms with Crippen LogP contribution in [0.5, 0.6) is 0 Å². The van der Waals surface area contributed by atoms with E-state index in [0.29, 0.717) is 5.69 Å². The van der Waals surface area contributed by atoms with Crippen molar-refractivity contribution in [2.24, 2.45) is 0 Å². The van der Waals surface area contributed by atoms with Gasteiger partial charge in [-0.2, -0.15) is 5.26 Å². The molecule has 1 saturated heterocycles. The largest absolute Gasteiger partial charge is 0.376 e. The van der Waals surface area contributed by atoms with E-state index in [0.717, 1.165) is 47.8 Å². The van der Waals surface area contributed by atoms with Crippen LogP contribution in [0.2, 0.25) is 0 Å². The van der Waals surface area contributed by atoms with Gasteiger partial charge in [-0.3, -0.25) is 4.79 Å². The molecule has 2 aromatic rings. The van der Waals surface area contributed by atoms with Crippen molar-refractivity contribution in [2.45, 2.75) is 44.2 Å². The van der Waals surface area contributed by atoms with Gasteiger partial charge in [-0.05, 0) is 62.8 Å². The first-order chi connectivity index (χ1) is 13.5. The van der Waals surface area contributed by atoms with Crippen molar-refractivity contribution in [1.29, 1.82) is 5.26 Å².